The first-order valence-electron chi connectivity index (χ1n) is 14.2. The van der Waals surface area contributed by atoms with Gasteiger partial charge in [-0.15, -0.1) is 11.3 Å². The maximum atomic E-state index is 12.8. The maximum Gasteiger partial charge on any atom is 0.255 e. The number of hydrogen-bond acceptors (Lipinski definition) is 6. The predicted octanol–water partition coefficient (Wildman–Crippen LogP) is 6.46. The molecule has 0 atom stereocenters. The SMILES string of the molecule is CCN(CC)C(=O)c1ccc(-c2cc(NCCCN3CCC(N4CCCC4)CC3)c3sccc3n2)cc1Cl. The zero-order valence-corrected chi connectivity index (χ0v) is 24.3. The summed E-state index contributed by atoms with van der Waals surface area (Å²) < 4.78 is 1.18. The minimum atomic E-state index is -0.0320. The van der Waals surface area contributed by atoms with Crippen molar-refractivity contribution < 1.29 is 4.79 Å². The topological polar surface area (TPSA) is 51.7 Å². The summed E-state index contributed by atoms with van der Waals surface area (Å²) in [6.45, 7) is 12.4. The number of carbonyl (C=O) groups is 1. The molecule has 1 aromatic carbocycles. The third-order valence-electron chi connectivity index (χ3n) is 8.14. The molecule has 3 aromatic rings. The fourth-order valence-electron chi connectivity index (χ4n) is 5.91. The number of amides is 1. The van der Waals surface area contributed by atoms with Crippen LogP contribution in [0.1, 0.15) is 56.3 Å². The van der Waals surface area contributed by atoms with Crippen LogP contribution in [0.3, 0.4) is 0 Å². The van der Waals surface area contributed by atoms with Crippen LogP contribution in [0.5, 0.6) is 0 Å². The van der Waals surface area contributed by atoms with Gasteiger partial charge in [0, 0.05) is 31.2 Å². The fraction of sp³-hybridized carbons (Fsp3) is 0.533. The predicted molar refractivity (Wildman–Crippen MR) is 161 cm³/mol. The van der Waals surface area contributed by atoms with Gasteiger partial charge in [0.2, 0.25) is 0 Å². The lowest BCUT2D eigenvalue weighted by atomic mass is 10.0. The number of fused-ring (bicyclic) bond motifs is 1. The number of likely N-dealkylation sites (tertiary alicyclic amines) is 2. The van der Waals surface area contributed by atoms with Crippen molar-refractivity contribution in [1.29, 1.82) is 0 Å². The number of piperidine rings is 1. The average Bonchev–Trinajstić information content (AvgIpc) is 3.64. The van der Waals surface area contributed by atoms with E-state index in [1.807, 2.05) is 32.0 Å². The van der Waals surface area contributed by atoms with E-state index >= 15 is 0 Å². The Hall–Kier alpha value is -2.19. The van der Waals surface area contributed by atoms with Gasteiger partial charge in [0.25, 0.3) is 5.91 Å². The van der Waals surface area contributed by atoms with Crippen molar-refractivity contribution in [1.82, 2.24) is 19.7 Å². The number of nitrogens with zero attached hydrogens (tertiary/aromatic N) is 4. The van der Waals surface area contributed by atoms with Crippen molar-refractivity contribution in [3.8, 4) is 11.3 Å². The largest absolute Gasteiger partial charge is 0.384 e. The molecular formula is C30H40ClN5OS. The lowest BCUT2D eigenvalue weighted by molar-refractivity contribution is 0.0773. The Balaban J connectivity index is 1.21. The van der Waals surface area contributed by atoms with Crippen LogP contribution < -0.4 is 5.32 Å². The van der Waals surface area contributed by atoms with Crippen LogP contribution in [0.4, 0.5) is 5.69 Å². The highest BCUT2D eigenvalue weighted by Crippen LogP contribution is 2.33. The summed E-state index contributed by atoms with van der Waals surface area (Å²) in [7, 11) is 0. The van der Waals surface area contributed by atoms with Crippen molar-refractivity contribution in [2.75, 3.05) is 57.7 Å². The van der Waals surface area contributed by atoms with E-state index in [2.05, 4.69) is 32.6 Å². The van der Waals surface area contributed by atoms with Crippen LogP contribution in [0, 0.1) is 0 Å². The Labute approximate surface area is 236 Å². The van der Waals surface area contributed by atoms with Crippen molar-refractivity contribution in [3.63, 3.8) is 0 Å². The van der Waals surface area contributed by atoms with Crippen LogP contribution in [0.15, 0.2) is 35.7 Å². The normalized spacial score (nSPS) is 17.3. The van der Waals surface area contributed by atoms with Gasteiger partial charge in [-0.2, -0.15) is 0 Å². The highest BCUT2D eigenvalue weighted by atomic mass is 35.5. The zero-order valence-electron chi connectivity index (χ0n) is 22.7. The minimum Gasteiger partial charge on any atom is -0.384 e. The number of thiophene rings is 1. The number of halogens is 1. The molecule has 0 unspecified atom stereocenters. The van der Waals surface area contributed by atoms with E-state index in [1.54, 1.807) is 16.2 Å². The number of benzene rings is 1. The standard InChI is InChI=1S/C30H40ClN5OS/c1-3-35(4-2)30(37)24-9-8-22(20-25(24)31)27-21-28(29-26(33-27)12-19-38-29)32-13-7-14-34-17-10-23(11-18-34)36-15-5-6-16-36/h8-9,12,19-21,23H,3-7,10-11,13-18H2,1-2H3,(H,32,33). The van der Waals surface area contributed by atoms with Crippen LogP contribution >= 0.6 is 22.9 Å². The van der Waals surface area contributed by atoms with Gasteiger partial charge in [0.1, 0.15) is 0 Å². The summed E-state index contributed by atoms with van der Waals surface area (Å²) in [4.78, 5) is 24.9. The molecule has 8 heteroatoms. The summed E-state index contributed by atoms with van der Waals surface area (Å²) in [6.07, 6.45) is 6.52. The molecule has 0 aliphatic carbocycles. The smallest absolute Gasteiger partial charge is 0.255 e. The number of rotatable bonds is 10. The Bertz CT molecular complexity index is 1230. The van der Waals surface area contributed by atoms with Crippen molar-refractivity contribution >= 4 is 44.7 Å². The van der Waals surface area contributed by atoms with Crippen LogP contribution in [-0.4, -0.2) is 84.0 Å². The molecule has 0 radical (unpaired) electrons. The molecule has 2 aliphatic rings. The summed E-state index contributed by atoms with van der Waals surface area (Å²) in [5.74, 6) is -0.0320. The van der Waals surface area contributed by atoms with E-state index < -0.39 is 0 Å². The van der Waals surface area contributed by atoms with Gasteiger partial charge < -0.3 is 20.0 Å². The Morgan fingerprint density at radius 1 is 1.11 bits per heavy atom. The quantitative estimate of drug-likeness (QED) is 0.292. The van der Waals surface area contributed by atoms with Gasteiger partial charge in [-0.25, -0.2) is 4.98 Å². The van der Waals surface area contributed by atoms with Crippen LogP contribution in [0.2, 0.25) is 5.02 Å². The van der Waals surface area contributed by atoms with Gasteiger partial charge in [0.05, 0.1) is 32.2 Å². The van der Waals surface area contributed by atoms with Gasteiger partial charge >= 0.3 is 0 Å². The first kappa shape index (κ1) is 27.4. The second-order valence-corrected chi connectivity index (χ2v) is 11.8. The molecule has 0 bridgehead atoms. The summed E-state index contributed by atoms with van der Waals surface area (Å²) in [6, 6.07) is 10.7. The Morgan fingerprint density at radius 2 is 1.87 bits per heavy atom. The van der Waals surface area contributed by atoms with Crippen LogP contribution in [0.25, 0.3) is 21.5 Å². The van der Waals surface area contributed by atoms with E-state index in [1.165, 1.54) is 56.6 Å². The highest BCUT2D eigenvalue weighted by Gasteiger charge is 2.26. The van der Waals surface area contributed by atoms with Gasteiger partial charge in [0.15, 0.2) is 0 Å². The van der Waals surface area contributed by atoms with Crippen molar-refractivity contribution in [2.45, 2.75) is 52.0 Å². The van der Waals surface area contributed by atoms with Gasteiger partial charge in [-0.3, -0.25) is 4.79 Å². The Kier molecular flexibility index (Phi) is 9.20. The molecule has 2 saturated heterocycles. The number of aromatic nitrogens is 1. The lowest BCUT2D eigenvalue weighted by Crippen LogP contribution is -2.44. The van der Waals surface area contributed by atoms with Crippen molar-refractivity contribution in [2.24, 2.45) is 0 Å². The molecule has 4 heterocycles. The molecule has 38 heavy (non-hydrogen) atoms. The fourth-order valence-corrected chi connectivity index (χ4v) is 6.99. The lowest BCUT2D eigenvalue weighted by Gasteiger charge is -2.36. The molecule has 0 spiro atoms. The van der Waals surface area contributed by atoms with Crippen LogP contribution in [-0.2, 0) is 0 Å². The van der Waals surface area contributed by atoms with E-state index in [0.717, 1.165) is 48.0 Å². The Morgan fingerprint density at radius 3 is 2.58 bits per heavy atom. The number of anilines is 1. The van der Waals surface area contributed by atoms with Gasteiger partial charge in [-0.05, 0) is 108 Å². The molecular weight excluding hydrogens is 514 g/mol. The zero-order chi connectivity index (χ0) is 26.5. The molecule has 204 valence electrons. The second-order valence-electron chi connectivity index (χ2n) is 10.5. The molecule has 6 nitrogen and oxygen atoms in total. The first-order valence-corrected chi connectivity index (χ1v) is 15.5. The van der Waals surface area contributed by atoms with E-state index in [9.17, 15) is 4.79 Å². The molecule has 1 N–H and O–H groups in total. The molecule has 2 aromatic heterocycles. The molecule has 0 saturated carbocycles. The molecule has 5 rings (SSSR count). The minimum absolute atomic E-state index is 0.0320. The third-order valence-corrected chi connectivity index (χ3v) is 9.39. The number of nitrogens with one attached hydrogen (secondary N) is 1. The third kappa shape index (κ3) is 6.17. The second kappa shape index (κ2) is 12.8. The summed E-state index contributed by atoms with van der Waals surface area (Å²) in [5, 5.41) is 6.25. The average molecular weight is 554 g/mol. The summed E-state index contributed by atoms with van der Waals surface area (Å²) in [5.41, 5.74) is 4.43. The molecule has 2 fully saturated rings. The first-order chi connectivity index (χ1) is 18.6. The van der Waals surface area contributed by atoms with Crippen molar-refractivity contribution in [3.05, 3.63) is 46.3 Å². The number of hydrogen-bond donors (Lipinski definition) is 1. The van der Waals surface area contributed by atoms with E-state index in [-0.39, 0.29) is 5.91 Å². The highest BCUT2D eigenvalue weighted by molar-refractivity contribution is 7.17. The number of carbonyl (C=O) groups excluding carboxylic acids is 1. The number of pyridine rings is 1. The summed E-state index contributed by atoms with van der Waals surface area (Å²) >= 11 is 8.31. The van der Waals surface area contributed by atoms with E-state index in [4.69, 9.17) is 16.6 Å². The van der Waals surface area contributed by atoms with E-state index in [0.29, 0.717) is 23.7 Å². The molecule has 1 amide bonds. The maximum absolute atomic E-state index is 12.8. The van der Waals surface area contributed by atoms with Gasteiger partial charge in [-0.1, -0.05) is 17.7 Å². The molecule has 2 aliphatic heterocycles. The monoisotopic (exact) mass is 553 g/mol.